The first-order valence-corrected chi connectivity index (χ1v) is 11.4. The number of urea groups is 1. The lowest BCUT2D eigenvalue weighted by molar-refractivity contribution is -0.310. The van der Waals surface area contributed by atoms with Gasteiger partial charge in [0, 0.05) is 40.3 Å². The molecule has 6 nitrogen and oxygen atoms in total. The number of aromatic amines is 1. The highest BCUT2D eigenvalue weighted by molar-refractivity contribution is 8.00. The number of amides is 2. The van der Waals surface area contributed by atoms with Gasteiger partial charge < -0.3 is 15.7 Å². The Morgan fingerprint density at radius 1 is 1.03 bits per heavy atom. The van der Waals surface area contributed by atoms with Crippen LogP contribution in [-0.2, 0) is 4.79 Å². The molecule has 0 spiro atoms. The van der Waals surface area contributed by atoms with Crippen molar-refractivity contribution in [3.63, 3.8) is 0 Å². The number of carboxylic acids is 1. The Kier molecular flexibility index (Phi) is 6.38. The van der Waals surface area contributed by atoms with Crippen LogP contribution >= 0.6 is 11.8 Å². The van der Waals surface area contributed by atoms with Crippen molar-refractivity contribution in [1.29, 1.82) is 0 Å². The topological polar surface area (TPSA) is 92.6 Å². The maximum Gasteiger partial charge on any atom is 0.315 e. The molecule has 0 unspecified atom stereocenters. The minimum Gasteiger partial charge on any atom is -0.481 e. The van der Waals surface area contributed by atoms with Crippen LogP contribution in [0.15, 0.2) is 54.6 Å². The van der Waals surface area contributed by atoms with E-state index >= 15 is 0 Å². The summed E-state index contributed by atoms with van der Waals surface area (Å²) < 4.78 is 0. The van der Waals surface area contributed by atoms with Gasteiger partial charge in [-0.15, -0.1) is 0 Å². The van der Waals surface area contributed by atoms with E-state index in [2.05, 4.69) is 58.1 Å². The summed E-state index contributed by atoms with van der Waals surface area (Å²) in [7, 11) is 0. The van der Waals surface area contributed by atoms with Crippen LogP contribution in [0.5, 0.6) is 0 Å². The van der Waals surface area contributed by atoms with E-state index in [0.717, 1.165) is 25.0 Å². The molecular weight excluding hydrogens is 398 g/mol. The lowest BCUT2D eigenvalue weighted by Gasteiger charge is -2.16. The predicted octanol–water partition coefficient (Wildman–Crippen LogP) is 3.60. The average Bonchev–Trinajstić information content (AvgIpc) is 3.29. The summed E-state index contributed by atoms with van der Waals surface area (Å²) in [5, 5.41) is 17.3. The molecule has 2 aromatic carbocycles. The number of benzene rings is 2. The fourth-order valence-electron chi connectivity index (χ4n) is 4.05. The second-order valence-corrected chi connectivity index (χ2v) is 8.98. The van der Waals surface area contributed by atoms with Crippen LogP contribution in [0.25, 0.3) is 21.8 Å². The summed E-state index contributed by atoms with van der Waals surface area (Å²) in [6.07, 6.45) is 2.88. The van der Waals surface area contributed by atoms with Gasteiger partial charge in [0.1, 0.15) is 0 Å². The molecule has 2 saturated heterocycles. The van der Waals surface area contributed by atoms with E-state index in [1.54, 1.807) is 0 Å². The van der Waals surface area contributed by atoms with E-state index < -0.39 is 5.97 Å². The lowest BCUT2D eigenvalue weighted by Crippen LogP contribution is -2.36. The number of carboxylic acid groups (broad SMARTS) is 1. The predicted molar refractivity (Wildman–Crippen MR) is 120 cm³/mol. The number of pyridine rings is 1. The van der Waals surface area contributed by atoms with E-state index in [1.807, 2.05) is 23.9 Å². The van der Waals surface area contributed by atoms with Crippen molar-refractivity contribution in [2.75, 3.05) is 5.75 Å². The highest BCUT2D eigenvalue weighted by Gasteiger charge is 2.42. The van der Waals surface area contributed by atoms with Gasteiger partial charge in [-0.3, -0.25) is 4.79 Å². The van der Waals surface area contributed by atoms with Gasteiger partial charge in [0.25, 0.3) is 0 Å². The Balaban J connectivity index is 0.000000146. The molecule has 5 rings (SSSR count). The van der Waals surface area contributed by atoms with Crippen molar-refractivity contribution in [3.05, 3.63) is 54.6 Å². The van der Waals surface area contributed by atoms with E-state index in [-0.39, 0.29) is 24.5 Å². The SMILES string of the molecule is O=C(O)CCCC[C@@H]1SC[C@@H]2NC(=O)N[C@@H]21.c1ccc2[nH+]c3ccccc3cc2c1. The van der Waals surface area contributed by atoms with Gasteiger partial charge in [-0.2, -0.15) is 11.8 Å². The number of rotatable bonds is 5. The molecule has 0 saturated carbocycles. The molecule has 2 fully saturated rings. The van der Waals surface area contributed by atoms with Crippen LogP contribution < -0.4 is 15.6 Å². The molecule has 0 bridgehead atoms. The van der Waals surface area contributed by atoms with Crippen LogP contribution in [0.3, 0.4) is 0 Å². The molecule has 7 heteroatoms. The number of carbonyl (C=O) groups is 2. The number of aromatic nitrogens is 1. The van der Waals surface area contributed by atoms with Gasteiger partial charge in [-0.05, 0) is 31.0 Å². The number of H-pyrrole nitrogens is 1. The number of hydrogen-bond acceptors (Lipinski definition) is 3. The Bertz CT molecular complexity index is 953. The summed E-state index contributed by atoms with van der Waals surface area (Å²) in [6, 6.07) is 19.3. The molecule has 4 N–H and O–H groups in total. The van der Waals surface area contributed by atoms with Crippen LogP contribution in [0.4, 0.5) is 4.79 Å². The number of unbranched alkanes of at least 4 members (excludes halogenated alkanes) is 1. The second-order valence-electron chi connectivity index (χ2n) is 7.71. The molecule has 2 aliphatic rings. The summed E-state index contributed by atoms with van der Waals surface area (Å²) in [5.41, 5.74) is 2.37. The summed E-state index contributed by atoms with van der Waals surface area (Å²) >= 11 is 1.87. The number of carbonyl (C=O) groups excluding carboxylic acids is 1. The van der Waals surface area contributed by atoms with Crippen molar-refractivity contribution in [3.8, 4) is 0 Å². The minimum absolute atomic E-state index is 0.0640. The van der Waals surface area contributed by atoms with Crippen LogP contribution in [0.1, 0.15) is 25.7 Å². The molecule has 2 aliphatic heterocycles. The average molecular weight is 425 g/mol. The monoisotopic (exact) mass is 424 g/mol. The smallest absolute Gasteiger partial charge is 0.315 e. The number of fused-ring (bicyclic) bond motifs is 3. The molecule has 30 heavy (non-hydrogen) atoms. The van der Waals surface area contributed by atoms with E-state index in [4.69, 9.17) is 5.11 Å². The zero-order valence-corrected chi connectivity index (χ0v) is 17.5. The number of nitrogens with one attached hydrogen (secondary N) is 3. The van der Waals surface area contributed by atoms with E-state index in [0.29, 0.717) is 5.25 Å². The molecule has 1 aromatic heterocycles. The number of aliphatic carboxylic acids is 1. The number of thioether (sulfide) groups is 1. The molecule has 3 heterocycles. The third-order valence-electron chi connectivity index (χ3n) is 5.57. The van der Waals surface area contributed by atoms with E-state index in [1.165, 1.54) is 21.8 Å². The van der Waals surface area contributed by atoms with Gasteiger partial charge in [-0.1, -0.05) is 30.7 Å². The highest BCUT2D eigenvalue weighted by atomic mass is 32.2. The maximum absolute atomic E-state index is 11.1. The van der Waals surface area contributed by atoms with Gasteiger partial charge in [-0.25, -0.2) is 9.78 Å². The van der Waals surface area contributed by atoms with Crippen LogP contribution in [0, 0.1) is 0 Å². The molecule has 2 amide bonds. The summed E-state index contributed by atoms with van der Waals surface area (Å²) in [5.74, 6) is 0.236. The second kappa shape index (κ2) is 9.34. The van der Waals surface area contributed by atoms with E-state index in [9.17, 15) is 9.59 Å². The quantitative estimate of drug-likeness (QED) is 0.331. The highest BCUT2D eigenvalue weighted by Crippen LogP contribution is 2.33. The molecule has 3 aromatic rings. The zero-order chi connectivity index (χ0) is 20.9. The zero-order valence-electron chi connectivity index (χ0n) is 16.6. The first-order valence-electron chi connectivity index (χ1n) is 10.3. The summed E-state index contributed by atoms with van der Waals surface area (Å²) in [4.78, 5) is 24.9. The molecule has 0 aliphatic carbocycles. The third kappa shape index (κ3) is 4.84. The largest absolute Gasteiger partial charge is 0.481 e. The fraction of sp³-hybridized carbons (Fsp3) is 0.348. The molecule has 156 valence electrons. The molecule has 3 atom stereocenters. The number of para-hydroxylation sites is 2. The fourth-order valence-corrected chi connectivity index (χ4v) is 5.59. The molecular formula is C23H26N3O3S+. The van der Waals surface area contributed by atoms with Gasteiger partial charge in [0.15, 0.2) is 0 Å². The van der Waals surface area contributed by atoms with Gasteiger partial charge in [0.2, 0.25) is 11.0 Å². The van der Waals surface area contributed by atoms with Gasteiger partial charge in [0.05, 0.1) is 12.1 Å². The van der Waals surface area contributed by atoms with Crippen LogP contribution in [0.2, 0.25) is 0 Å². The van der Waals surface area contributed by atoms with Gasteiger partial charge >= 0.3 is 12.0 Å². The molecule has 0 radical (unpaired) electrons. The van der Waals surface area contributed by atoms with Crippen molar-refractivity contribution < 1.29 is 19.7 Å². The Hall–Kier alpha value is -2.80. The van der Waals surface area contributed by atoms with Crippen molar-refractivity contribution >= 4 is 45.6 Å². The normalized spacial score (nSPS) is 22.1. The lowest BCUT2D eigenvalue weighted by atomic mass is 10.0. The minimum atomic E-state index is -0.729. The third-order valence-corrected chi connectivity index (χ3v) is 7.08. The van der Waals surface area contributed by atoms with Crippen molar-refractivity contribution in [1.82, 2.24) is 10.6 Å². The summed E-state index contributed by atoms with van der Waals surface area (Å²) in [6.45, 7) is 0. The first-order chi connectivity index (χ1) is 14.6. The standard InChI is InChI=1S/C13H9N.C10H16N2O3S/c1-3-7-12-10(5-1)9-11-6-2-4-8-13(11)14-12;13-8(14)4-2-1-3-7-9-6(5-16-7)11-10(15)12-9/h1-9H;6-7,9H,1-5H2,(H,13,14)(H2,11,12,15)/p+1/t;6-,7-,9-/m.0/s1. The van der Waals surface area contributed by atoms with Crippen LogP contribution in [-0.4, -0.2) is 40.2 Å². The Morgan fingerprint density at radius 2 is 1.70 bits per heavy atom. The van der Waals surface area contributed by atoms with Crippen molar-refractivity contribution in [2.24, 2.45) is 0 Å². The number of hydrogen-bond donors (Lipinski definition) is 3. The Morgan fingerprint density at radius 3 is 2.37 bits per heavy atom. The maximum atomic E-state index is 11.1. The first kappa shape index (κ1) is 20.5. The Labute approximate surface area is 179 Å². The van der Waals surface area contributed by atoms with Crippen molar-refractivity contribution in [2.45, 2.75) is 43.0 Å².